The normalized spacial score (nSPS) is 17.8. The van der Waals surface area contributed by atoms with Crippen LogP contribution in [-0.4, -0.2) is 16.4 Å². The van der Waals surface area contributed by atoms with Crippen LogP contribution in [0, 0.1) is 24.0 Å². The van der Waals surface area contributed by atoms with Crippen molar-refractivity contribution in [3.8, 4) is 5.75 Å². The van der Waals surface area contributed by atoms with Crippen molar-refractivity contribution in [1.29, 1.82) is 0 Å². The number of aryl methyl sites for hydroxylation is 1. The summed E-state index contributed by atoms with van der Waals surface area (Å²) in [6.07, 6.45) is 0.614. The number of hydrogen-bond donors (Lipinski definition) is 1. The number of nitro groups is 1. The molecule has 0 aromatic heterocycles. The van der Waals surface area contributed by atoms with E-state index < -0.39 is 10.5 Å². The number of nitrogens with zero attached hydrogens (tertiary/aromatic N) is 1. The van der Waals surface area contributed by atoms with Crippen molar-refractivity contribution in [3.05, 3.63) is 68.8 Å². The fraction of sp³-hybridized carbons (Fsp3) is 0.350. The Hall–Kier alpha value is -2.89. The third-order valence-electron chi connectivity index (χ3n) is 4.68. The number of amides is 1. The number of fused-ring (bicyclic) bond motifs is 1. The van der Waals surface area contributed by atoms with Crippen LogP contribution < -0.4 is 10.1 Å². The summed E-state index contributed by atoms with van der Waals surface area (Å²) in [5, 5.41) is 14.2. The first kappa shape index (κ1) is 17.9. The van der Waals surface area contributed by atoms with Gasteiger partial charge in [0.05, 0.1) is 11.0 Å². The molecule has 6 nitrogen and oxygen atoms in total. The van der Waals surface area contributed by atoms with Gasteiger partial charge < -0.3 is 10.1 Å². The second-order valence-electron chi connectivity index (χ2n) is 7.34. The van der Waals surface area contributed by atoms with E-state index in [0.29, 0.717) is 17.5 Å². The number of ether oxygens (including phenoxy) is 1. The fourth-order valence-electron chi connectivity index (χ4n) is 3.39. The highest BCUT2D eigenvalue weighted by atomic mass is 16.6. The summed E-state index contributed by atoms with van der Waals surface area (Å²) in [4.78, 5) is 23.5. The van der Waals surface area contributed by atoms with Crippen LogP contribution in [0.2, 0.25) is 0 Å². The summed E-state index contributed by atoms with van der Waals surface area (Å²) in [5.41, 5.74) is 2.22. The maximum absolute atomic E-state index is 12.8. The average molecular weight is 354 g/mol. The Balaban J connectivity index is 1.93. The predicted molar refractivity (Wildman–Crippen MR) is 98.5 cm³/mol. The maximum atomic E-state index is 12.8. The lowest BCUT2D eigenvalue weighted by atomic mass is 9.89. The molecule has 2 aromatic carbocycles. The van der Waals surface area contributed by atoms with Gasteiger partial charge in [0.2, 0.25) is 0 Å². The Kier molecular flexibility index (Phi) is 4.44. The summed E-state index contributed by atoms with van der Waals surface area (Å²) >= 11 is 0. The molecule has 2 aromatic rings. The highest BCUT2D eigenvalue weighted by Crippen LogP contribution is 2.40. The highest BCUT2D eigenvalue weighted by molar-refractivity contribution is 5.96. The molecule has 1 amide bonds. The summed E-state index contributed by atoms with van der Waals surface area (Å²) in [6, 6.07) is 10.2. The van der Waals surface area contributed by atoms with Crippen LogP contribution in [0.15, 0.2) is 36.4 Å². The molecule has 0 unspecified atom stereocenters. The Labute approximate surface area is 152 Å². The number of rotatable bonds is 3. The zero-order valence-electron chi connectivity index (χ0n) is 15.3. The minimum atomic E-state index is -0.470. The van der Waals surface area contributed by atoms with Crippen LogP contribution in [0.5, 0.6) is 5.75 Å². The number of carbonyl (C=O) groups excluding carboxylic acids is 1. The third-order valence-corrected chi connectivity index (χ3v) is 4.68. The predicted octanol–water partition coefficient (Wildman–Crippen LogP) is 4.24. The van der Waals surface area contributed by atoms with E-state index in [9.17, 15) is 14.9 Å². The van der Waals surface area contributed by atoms with Crippen molar-refractivity contribution in [1.82, 2.24) is 5.32 Å². The first-order valence-electron chi connectivity index (χ1n) is 8.52. The minimum Gasteiger partial charge on any atom is -0.487 e. The molecule has 0 saturated carbocycles. The average Bonchev–Trinajstić information content (AvgIpc) is 2.53. The molecule has 0 spiro atoms. The molecule has 0 saturated heterocycles. The van der Waals surface area contributed by atoms with E-state index >= 15 is 0 Å². The van der Waals surface area contributed by atoms with Crippen molar-refractivity contribution in [3.63, 3.8) is 0 Å². The van der Waals surface area contributed by atoms with Gasteiger partial charge in [-0.3, -0.25) is 14.9 Å². The monoisotopic (exact) mass is 354 g/mol. The van der Waals surface area contributed by atoms with E-state index in [1.165, 1.54) is 12.1 Å². The SMILES string of the molecule is Cc1ccc2c(c1)OC(C)(C)C[C@@H]2NC(=O)c1cccc([N+](=O)[O-])c1C. The van der Waals surface area contributed by atoms with Gasteiger partial charge in [-0.2, -0.15) is 0 Å². The molecule has 0 radical (unpaired) electrons. The van der Waals surface area contributed by atoms with E-state index in [4.69, 9.17) is 4.74 Å². The van der Waals surface area contributed by atoms with Gasteiger partial charge in [0.1, 0.15) is 11.4 Å². The number of nitrogens with one attached hydrogen (secondary N) is 1. The minimum absolute atomic E-state index is 0.0546. The number of benzene rings is 2. The van der Waals surface area contributed by atoms with Crippen LogP contribution in [0.3, 0.4) is 0 Å². The maximum Gasteiger partial charge on any atom is 0.273 e. The van der Waals surface area contributed by atoms with Gasteiger partial charge in [0.25, 0.3) is 11.6 Å². The van der Waals surface area contributed by atoms with Crippen molar-refractivity contribution in [2.75, 3.05) is 0 Å². The fourth-order valence-corrected chi connectivity index (χ4v) is 3.39. The van der Waals surface area contributed by atoms with E-state index in [-0.39, 0.29) is 17.6 Å². The van der Waals surface area contributed by atoms with Gasteiger partial charge in [-0.1, -0.05) is 18.2 Å². The number of nitro benzene ring substituents is 1. The first-order valence-corrected chi connectivity index (χ1v) is 8.52. The van der Waals surface area contributed by atoms with Gasteiger partial charge in [0, 0.05) is 29.2 Å². The molecule has 1 aliphatic rings. The Morgan fingerprint density at radius 1 is 1.27 bits per heavy atom. The molecule has 136 valence electrons. The van der Waals surface area contributed by atoms with Crippen LogP contribution >= 0.6 is 0 Å². The Bertz CT molecular complexity index is 889. The molecule has 1 heterocycles. The molecule has 3 rings (SSSR count). The first-order chi connectivity index (χ1) is 12.2. The smallest absolute Gasteiger partial charge is 0.273 e. The topological polar surface area (TPSA) is 81.5 Å². The standard InChI is InChI=1S/C20H22N2O4/c1-12-8-9-15-16(11-20(3,4)26-18(15)10-12)21-19(23)14-6-5-7-17(13(14)2)22(24)25/h5-10,16H,11H2,1-4H3,(H,21,23)/t16-/m0/s1. The largest absolute Gasteiger partial charge is 0.487 e. The zero-order valence-corrected chi connectivity index (χ0v) is 15.3. The molecule has 1 aliphatic heterocycles. The third kappa shape index (κ3) is 3.40. The molecule has 0 fully saturated rings. The van der Waals surface area contributed by atoms with Crippen LogP contribution in [0.1, 0.15) is 53.4 Å². The molecular formula is C20H22N2O4. The summed E-state index contributed by atoms with van der Waals surface area (Å²) in [6.45, 7) is 7.55. The number of carbonyl (C=O) groups is 1. The lowest BCUT2D eigenvalue weighted by Crippen LogP contribution is -2.41. The van der Waals surface area contributed by atoms with Crippen molar-refractivity contribution in [2.45, 2.75) is 45.8 Å². The van der Waals surface area contributed by atoms with Crippen molar-refractivity contribution < 1.29 is 14.5 Å². The van der Waals surface area contributed by atoms with E-state index in [0.717, 1.165) is 16.9 Å². The second kappa shape index (κ2) is 6.44. The van der Waals surface area contributed by atoms with Gasteiger partial charge in [-0.25, -0.2) is 0 Å². The van der Waals surface area contributed by atoms with Gasteiger partial charge >= 0.3 is 0 Å². The number of hydrogen-bond acceptors (Lipinski definition) is 4. The summed E-state index contributed by atoms with van der Waals surface area (Å²) < 4.78 is 6.05. The molecule has 26 heavy (non-hydrogen) atoms. The zero-order chi connectivity index (χ0) is 19.1. The molecule has 1 atom stereocenters. The van der Waals surface area contributed by atoms with Crippen LogP contribution in [0.25, 0.3) is 0 Å². The second-order valence-corrected chi connectivity index (χ2v) is 7.34. The molecular weight excluding hydrogens is 332 g/mol. The molecule has 0 bridgehead atoms. The molecule has 1 N–H and O–H groups in total. The van der Waals surface area contributed by atoms with Crippen molar-refractivity contribution in [2.24, 2.45) is 0 Å². The van der Waals surface area contributed by atoms with Gasteiger partial charge in [-0.15, -0.1) is 0 Å². The Morgan fingerprint density at radius 2 is 2.00 bits per heavy atom. The van der Waals surface area contributed by atoms with Crippen LogP contribution in [0.4, 0.5) is 5.69 Å². The molecule has 6 heteroatoms. The van der Waals surface area contributed by atoms with Gasteiger partial charge in [0.15, 0.2) is 0 Å². The van der Waals surface area contributed by atoms with E-state index in [2.05, 4.69) is 5.32 Å². The lowest BCUT2D eigenvalue weighted by Gasteiger charge is -2.38. The van der Waals surface area contributed by atoms with Crippen LogP contribution in [-0.2, 0) is 0 Å². The highest BCUT2D eigenvalue weighted by Gasteiger charge is 2.35. The van der Waals surface area contributed by atoms with Gasteiger partial charge in [-0.05, 0) is 45.4 Å². The van der Waals surface area contributed by atoms with E-state index in [1.54, 1.807) is 13.0 Å². The lowest BCUT2D eigenvalue weighted by molar-refractivity contribution is -0.385. The quantitative estimate of drug-likeness (QED) is 0.660. The van der Waals surface area contributed by atoms with Crippen molar-refractivity contribution >= 4 is 11.6 Å². The summed E-state index contributed by atoms with van der Waals surface area (Å²) in [5.74, 6) is 0.447. The molecule has 0 aliphatic carbocycles. The van der Waals surface area contributed by atoms with E-state index in [1.807, 2.05) is 39.0 Å². The Morgan fingerprint density at radius 3 is 2.69 bits per heavy atom. The summed E-state index contributed by atoms with van der Waals surface area (Å²) in [7, 11) is 0.